The van der Waals surface area contributed by atoms with Gasteiger partial charge in [-0.05, 0) is 37.6 Å². The maximum absolute atomic E-state index is 13.0. The van der Waals surface area contributed by atoms with Crippen molar-refractivity contribution >= 4 is 15.5 Å². The zero-order valence-corrected chi connectivity index (χ0v) is 15.8. The molecule has 0 amide bonds. The minimum Gasteiger partial charge on any atom is -0.370 e. The molecule has 2 aromatic carbocycles. The minimum atomic E-state index is -3.93. The standard InChI is InChI=1S/C20H23N3O2S/c1-3-4-14-22-20(23-17-8-6-5-7-9-17)19(15-21)26(24,25)18-12-10-16(2)11-13-18/h5-13,22-23H,3-4,14H2,1-2H3/b20-19-. The first kappa shape index (κ1) is 19.5. The number of nitriles is 1. The Bertz CT molecular complexity index is 896. The number of rotatable bonds is 8. The number of unbranched alkanes of at least 4 members (excludes halogenated alkanes) is 1. The lowest BCUT2D eigenvalue weighted by Crippen LogP contribution is -2.25. The number of anilines is 1. The minimum absolute atomic E-state index is 0.101. The van der Waals surface area contributed by atoms with Crippen LogP contribution in [-0.2, 0) is 9.84 Å². The fraction of sp³-hybridized carbons (Fsp3) is 0.250. The van der Waals surface area contributed by atoms with Crippen molar-refractivity contribution in [3.63, 3.8) is 0 Å². The molecule has 0 heterocycles. The summed E-state index contributed by atoms with van der Waals surface area (Å²) in [6.45, 7) is 4.50. The van der Waals surface area contributed by atoms with Crippen molar-refractivity contribution in [3.05, 3.63) is 70.9 Å². The lowest BCUT2D eigenvalue weighted by Gasteiger charge is -2.16. The van der Waals surface area contributed by atoms with Crippen LogP contribution in [0.2, 0.25) is 0 Å². The van der Waals surface area contributed by atoms with Crippen LogP contribution in [0.5, 0.6) is 0 Å². The van der Waals surface area contributed by atoms with E-state index in [4.69, 9.17) is 0 Å². The Morgan fingerprint density at radius 1 is 1.08 bits per heavy atom. The summed E-state index contributed by atoms with van der Waals surface area (Å²) in [5.74, 6) is 0.202. The molecular weight excluding hydrogens is 346 g/mol. The molecule has 0 radical (unpaired) electrons. The average molecular weight is 369 g/mol. The van der Waals surface area contributed by atoms with E-state index >= 15 is 0 Å². The maximum Gasteiger partial charge on any atom is 0.220 e. The van der Waals surface area contributed by atoms with Crippen molar-refractivity contribution in [2.24, 2.45) is 0 Å². The van der Waals surface area contributed by atoms with E-state index in [1.807, 2.05) is 50.2 Å². The Balaban J connectivity index is 2.48. The van der Waals surface area contributed by atoms with Crippen molar-refractivity contribution < 1.29 is 8.42 Å². The largest absolute Gasteiger partial charge is 0.370 e. The highest BCUT2D eigenvalue weighted by Crippen LogP contribution is 2.22. The molecule has 6 heteroatoms. The third-order valence-corrected chi connectivity index (χ3v) is 5.53. The first-order valence-electron chi connectivity index (χ1n) is 8.51. The van der Waals surface area contributed by atoms with E-state index in [2.05, 4.69) is 10.6 Å². The maximum atomic E-state index is 13.0. The second kappa shape index (κ2) is 9.07. The highest BCUT2D eigenvalue weighted by atomic mass is 32.2. The van der Waals surface area contributed by atoms with Gasteiger partial charge in [-0.1, -0.05) is 49.2 Å². The van der Waals surface area contributed by atoms with Crippen LogP contribution in [0.25, 0.3) is 0 Å². The molecule has 0 unspecified atom stereocenters. The van der Waals surface area contributed by atoms with Crippen LogP contribution in [0.4, 0.5) is 5.69 Å². The van der Waals surface area contributed by atoms with Crippen LogP contribution in [-0.4, -0.2) is 15.0 Å². The van der Waals surface area contributed by atoms with Gasteiger partial charge in [-0.25, -0.2) is 8.42 Å². The predicted octanol–water partition coefficient (Wildman–Crippen LogP) is 3.96. The van der Waals surface area contributed by atoms with Gasteiger partial charge in [-0.3, -0.25) is 0 Å². The lowest BCUT2D eigenvalue weighted by atomic mass is 10.2. The van der Waals surface area contributed by atoms with E-state index in [0.29, 0.717) is 12.2 Å². The van der Waals surface area contributed by atoms with E-state index in [0.717, 1.165) is 18.4 Å². The van der Waals surface area contributed by atoms with E-state index in [1.165, 1.54) is 12.1 Å². The summed E-state index contributed by atoms with van der Waals surface area (Å²) in [6, 6.07) is 17.5. The number of nitrogens with zero attached hydrogens (tertiary/aromatic N) is 1. The number of hydrogen-bond acceptors (Lipinski definition) is 5. The third kappa shape index (κ3) is 4.87. The zero-order chi connectivity index (χ0) is 19.0. The van der Waals surface area contributed by atoms with E-state index in [-0.39, 0.29) is 15.6 Å². The smallest absolute Gasteiger partial charge is 0.220 e. The monoisotopic (exact) mass is 369 g/mol. The molecule has 2 rings (SSSR count). The molecule has 0 bridgehead atoms. The van der Waals surface area contributed by atoms with E-state index < -0.39 is 9.84 Å². The Hall–Kier alpha value is -2.78. The third-order valence-electron chi connectivity index (χ3n) is 3.80. The van der Waals surface area contributed by atoms with Crippen LogP contribution in [0.15, 0.2) is 70.2 Å². The van der Waals surface area contributed by atoms with Crippen LogP contribution in [0.1, 0.15) is 25.3 Å². The summed E-state index contributed by atoms with van der Waals surface area (Å²) in [7, 11) is -3.93. The molecule has 0 atom stereocenters. The molecular formula is C20H23N3O2S. The fourth-order valence-corrected chi connectivity index (χ4v) is 3.57. The lowest BCUT2D eigenvalue weighted by molar-refractivity contribution is 0.602. The van der Waals surface area contributed by atoms with E-state index in [1.54, 1.807) is 12.1 Å². The molecule has 5 nitrogen and oxygen atoms in total. The number of benzene rings is 2. The molecule has 0 aliphatic rings. The van der Waals surface area contributed by atoms with Gasteiger partial charge in [0.15, 0.2) is 4.91 Å². The Morgan fingerprint density at radius 2 is 1.73 bits per heavy atom. The summed E-state index contributed by atoms with van der Waals surface area (Å²) < 4.78 is 26.0. The van der Waals surface area contributed by atoms with Gasteiger partial charge in [0.05, 0.1) is 4.90 Å². The average Bonchev–Trinajstić information content (AvgIpc) is 2.63. The number of allylic oxidation sites excluding steroid dienone is 1. The second-order valence-corrected chi connectivity index (χ2v) is 7.79. The fourth-order valence-electron chi connectivity index (χ4n) is 2.32. The van der Waals surface area contributed by atoms with Crippen molar-refractivity contribution in [1.82, 2.24) is 5.32 Å². The Kier molecular flexibility index (Phi) is 6.81. The Labute approximate surface area is 155 Å². The topological polar surface area (TPSA) is 82.0 Å². The molecule has 26 heavy (non-hydrogen) atoms. The van der Waals surface area contributed by atoms with Crippen LogP contribution < -0.4 is 10.6 Å². The van der Waals surface area contributed by atoms with E-state index in [9.17, 15) is 13.7 Å². The van der Waals surface area contributed by atoms with Crippen molar-refractivity contribution in [1.29, 1.82) is 5.26 Å². The zero-order valence-electron chi connectivity index (χ0n) is 15.0. The molecule has 136 valence electrons. The molecule has 0 aromatic heterocycles. The number of aryl methyl sites for hydroxylation is 1. The molecule has 0 saturated heterocycles. The molecule has 0 aliphatic heterocycles. The molecule has 0 fully saturated rings. The first-order valence-corrected chi connectivity index (χ1v) is 9.99. The summed E-state index contributed by atoms with van der Waals surface area (Å²) >= 11 is 0. The molecule has 2 N–H and O–H groups in total. The van der Waals surface area contributed by atoms with Gasteiger partial charge in [0, 0.05) is 12.2 Å². The van der Waals surface area contributed by atoms with Gasteiger partial charge in [0.2, 0.25) is 9.84 Å². The van der Waals surface area contributed by atoms with Crippen molar-refractivity contribution in [2.45, 2.75) is 31.6 Å². The van der Waals surface area contributed by atoms with Gasteiger partial charge in [-0.2, -0.15) is 5.26 Å². The summed E-state index contributed by atoms with van der Waals surface area (Å²) in [6.07, 6.45) is 1.82. The van der Waals surface area contributed by atoms with Crippen LogP contribution in [0, 0.1) is 18.3 Å². The number of hydrogen-bond donors (Lipinski definition) is 2. The second-order valence-electron chi connectivity index (χ2n) is 5.90. The molecule has 0 aliphatic carbocycles. The SMILES string of the molecule is CCCCN/C(Nc1ccccc1)=C(\C#N)S(=O)(=O)c1ccc(C)cc1. The molecule has 0 spiro atoms. The van der Waals surface area contributed by atoms with Gasteiger partial charge < -0.3 is 10.6 Å². The van der Waals surface area contributed by atoms with Gasteiger partial charge in [0.25, 0.3) is 0 Å². The summed E-state index contributed by atoms with van der Waals surface area (Å²) in [5, 5.41) is 15.7. The summed E-state index contributed by atoms with van der Waals surface area (Å²) in [4.78, 5) is -0.217. The molecule has 0 saturated carbocycles. The number of nitrogens with one attached hydrogen (secondary N) is 2. The summed E-state index contributed by atoms with van der Waals surface area (Å²) in [5.41, 5.74) is 1.66. The first-order chi connectivity index (χ1) is 12.5. The van der Waals surface area contributed by atoms with Crippen molar-refractivity contribution in [3.8, 4) is 6.07 Å². The number of sulfone groups is 1. The molecule has 2 aromatic rings. The quantitative estimate of drug-likeness (QED) is 0.544. The van der Waals surface area contributed by atoms with Crippen molar-refractivity contribution in [2.75, 3.05) is 11.9 Å². The van der Waals surface area contributed by atoms with Crippen LogP contribution in [0.3, 0.4) is 0 Å². The van der Waals surface area contributed by atoms with Gasteiger partial charge >= 0.3 is 0 Å². The predicted molar refractivity (Wildman–Crippen MR) is 104 cm³/mol. The van der Waals surface area contributed by atoms with Gasteiger partial charge in [0.1, 0.15) is 11.9 Å². The highest BCUT2D eigenvalue weighted by molar-refractivity contribution is 7.95. The van der Waals surface area contributed by atoms with Gasteiger partial charge in [-0.15, -0.1) is 0 Å². The highest BCUT2D eigenvalue weighted by Gasteiger charge is 2.25. The normalized spacial score (nSPS) is 12.0. The Morgan fingerprint density at radius 3 is 2.31 bits per heavy atom. The number of para-hydroxylation sites is 1. The van der Waals surface area contributed by atoms with Crippen LogP contribution >= 0.6 is 0 Å².